The van der Waals surface area contributed by atoms with E-state index in [1.807, 2.05) is 7.05 Å². The highest BCUT2D eigenvalue weighted by molar-refractivity contribution is 5.88. The molecule has 1 fully saturated rings. The lowest BCUT2D eigenvalue weighted by Gasteiger charge is -2.20. The normalized spacial score (nSPS) is 16.3. The van der Waals surface area contributed by atoms with Crippen LogP contribution in [0.4, 0.5) is 0 Å². The van der Waals surface area contributed by atoms with Crippen molar-refractivity contribution in [3.05, 3.63) is 29.6 Å². The summed E-state index contributed by atoms with van der Waals surface area (Å²) < 4.78 is 0. The summed E-state index contributed by atoms with van der Waals surface area (Å²) in [5.41, 5.74) is 0.973. The molecule has 1 aromatic rings. The van der Waals surface area contributed by atoms with Gasteiger partial charge >= 0.3 is 5.97 Å². The van der Waals surface area contributed by atoms with Gasteiger partial charge in [0.2, 0.25) is 0 Å². The summed E-state index contributed by atoms with van der Waals surface area (Å²) in [7, 11) is 2.04. The fourth-order valence-electron chi connectivity index (χ4n) is 2.71. The van der Waals surface area contributed by atoms with Gasteiger partial charge < -0.3 is 10.0 Å². The number of hydrogen-bond donors (Lipinski definition) is 1. The molecule has 98 valence electrons. The summed E-state index contributed by atoms with van der Waals surface area (Å²) in [6.45, 7) is 1.65. The maximum absolute atomic E-state index is 11.1. The van der Waals surface area contributed by atoms with Gasteiger partial charge in [-0.3, -0.25) is 4.98 Å². The van der Waals surface area contributed by atoms with Crippen molar-refractivity contribution in [2.24, 2.45) is 5.92 Å². The first-order valence-corrected chi connectivity index (χ1v) is 6.52. The molecule has 2 rings (SSSR count). The third-order valence-electron chi connectivity index (χ3n) is 3.58. The quantitative estimate of drug-likeness (QED) is 0.869. The molecular weight excluding hydrogens is 228 g/mol. The van der Waals surface area contributed by atoms with Crippen molar-refractivity contribution in [3.63, 3.8) is 0 Å². The van der Waals surface area contributed by atoms with Crippen molar-refractivity contribution >= 4 is 5.97 Å². The zero-order chi connectivity index (χ0) is 13.0. The Kier molecular flexibility index (Phi) is 4.31. The largest absolute Gasteiger partial charge is 0.478 e. The van der Waals surface area contributed by atoms with Gasteiger partial charge in [0, 0.05) is 19.3 Å². The summed E-state index contributed by atoms with van der Waals surface area (Å²) in [6.07, 6.45) is 6.94. The van der Waals surface area contributed by atoms with Crippen molar-refractivity contribution in [3.8, 4) is 0 Å². The zero-order valence-electron chi connectivity index (χ0n) is 10.8. The van der Waals surface area contributed by atoms with Crippen LogP contribution in [-0.2, 0) is 6.54 Å². The Balaban J connectivity index is 1.97. The predicted molar refractivity (Wildman–Crippen MR) is 69.5 cm³/mol. The van der Waals surface area contributed by atoms with Crippen LogP contribution in [0.5, 0.6) is 0 Å². The molecule has 1 aliphatic carbocycles. The summed E-state index contributed by atoms with van der Waals surface area (Å²) in [4.78, 5) is 17.5. The first-order chi connectivity index (χ1) is 8.66. The number of hydrogen-bond acceptors (Lipinski definition) is 3. The number of carbonyl (C=O) groups is 1. The van der Waals surface area contributed by atoms with Crippen LogP contribution in [-0.4, -0.2) is 34.6 Å². The Morgan fingerprint density at radius 2 is 2.22 bits per heavy atom. The molecule has 1 saturated carbocycles. The first kappa shape index (κ1) is 13.0. The summed E-state index contributed by atoms with van der Waals surface area (Å²) in [5.74, 6) is -0.126. The van der Waals surface area contributed by atoms with Gasteiger partial charge in [-0.05, 0) is 37.9 Å². The van der Waals surface area contributed by atoms with Gasteiger partial charge in [-0.15, -0.1) is 0 Å². The summed E-state index contributed by atoms with van der Waals surface area (Å²) in [6, 6.07) is 3.29. The Hall–Kier alpha value is -1.42. The zero-order valence-corrected chi connectivity index (χ0v) is 10.8. The van der Waals surface area contributed by atoms with Crippen LogP contribution in [0.15, 0.2) is 18.3 Å². The molecule has 1 heterocycles. The lowest BCUT2D eigenvalue weighted by molar-refractivity contribution is 0.0694. The maximum atomic E-state index is 11.1. The number of carboxylic acids is 1. The molecule has 18 heavy (non-hydrogen) atoms. The van der Waals surface area contributed by atoms with E-state index in [1.54, 1.807) is 18.3 Å². The van der Waals surface area contributed by atoms with Crippen molar-refractivity contribution in [1.29, 1.82) is 0 Å². The average Bonchev–Trinajstić information content (AvgIpc) is 2.82. The second-order valence-corrected chi connectivity index (χ2v) is 5.15. The molecule has 1 aromatic heterocycles. The van der Waals surface area contributed by atoms with Gasteiger partial charge in [0.25, 0.3) is 0 Å². The Morgan fingerprint density at radius 3 is 2.89 bits per heavy atom. The van der Waals surface area contributed by atoms with Crippen LogP contribution in [0.1, 0.15) is 41.7 Å². The number of aromatic carboxylic acids is 1. The molecule has 0 aliphatic heterocycles. The van der Waals surface area contributed by atoms with Gasteiger partial charge in [-0.25, -0.2) is 4.79 Å². The molecule has 0 radical (unpaired) electrons. The lowest BCUT2D eigenvalue weighted by atomic mass is 10.1. The summed E-state index contributed by atoms with van der Waals surface area (Å²) >= 11 is 0. The lowest BCUT2D eigenvalue weighted by Crippen LogP contribution is -2.25. The van der Waals surface area contributed by atoms with Gasteiger partial charge in [0.1, 0.15) is 0 Å². The highest BCUT2D eigenvalue weighted by Crippen LogP contribution is 2.25. The van der Waals surface area contributed by atoms with Crippen molar-refractivity contribution in [2.45, 2.75) is 32.2 Å². The van der Waals surface area contributed by atoms with Crippen LogP contribution >= 0.6 is 0 Å². The van der Waals surface area contributed by atoms with Gasteiger partial charge in [0.05, 0.1) is 11.3 Å². The molecule has 0 amide bonds. The molecule has 1 aliphatic rings. The van der Waals surface area contributed by atoms with E-state index in [-0.39, 0.29) is 0 Å². The monoisotopic (exact) mass is 248 g/mol. The van der Waals surface area contributed by atoms with E-state index >= 15 is 0 Å². The number of pyridine rings is 1. The Labute approximate surface area is 108 Å². The van der Waals surface area contributed by atoms with E-state index < -0.39 is 5.97 Å². The number of carboxylic acid groups (broad SMARTS) is 1. The number of rotatable bonds is 5. The minimum absolute atomic E-state index is 0.316. The molecule has 0 atom stereocenters. The fraction of sp³-hybridized carbons (Fsp3) is 0.571. The fourth-order valence-corrected chi connectivity index (χ4v) is 2.71. The van der Waals surface area contributed by atoms with E-state index in [4.69, 9.17) is 5.11 Å². The number of nitrogens with zero attached hydrogens (tertiary/aromatic N) is 2. The highest BCUT2D eigenvalue weighted by atomic mass is 16.4. The van der Waals surface area contributed by atoms with Crippen LogP contribution in [0, 0.1) is 5.92 Å². The van der Waals surface area contributed by atoms with Crippen molar-refractivity contribution in [1.82, 2.24) is 9.88 Å². The minimum atomic E-state index is -0.896. The maximum Gasteiger partial charge on any atom is 0.337 e. The average molecular weight is 248 g/mol. The topological polar surface area (TPSA) is 53.4 Å². The second kappa shape index (κ2) is 5.96. The van der Waals surface area contributed by atoms with E-state index in [0.717, 1.165) is 12.5 Å². The molecule has 0 aromatic carbocycles. The molecule has 1 N–H and O–H groups in total. The second-order valence-electron chi connectivity index (χ2n) is 5.15. The Morgan fingerprint density at radius 1 is 1.50 bits per heavy atom. The summed E-state index contributed by atoms with van der Waals surface area (Å²) in [5, 5.41) is 9.10. The molecule has 4 nitrogen and oxygen atoms in total. The number of aromatic nitrogens is 1. The molecule has 0 bridgehead atoms. The van der Waals surface area contributed by atoms with E-state index in [1.165, 1.54) is 25.7 Å². The highest BCUT2D eigenvalue weighted by Gasteiger charge is 2.18. The third kappa shape index (κ3) is 3.29. The first-order valence-electron chi connectivity index (χ1n) is 6.52. The molecular formula is C14H20N2O2. The third-order valence-corrected chi connectivity index (χ3v) is 3.58. The van der Waals surface area contributed by atoms with E-state index in [0.29, 0.717) is 17.8 Å². The van der Waals surface area contributed by atoms with E-state index in [2.05, 4.69) is 9.88 Å². The Bertz CT molecular complexity index is 414. The molecule has 4 heteroatoms. The van der Waals surface area contributed by atoms with Crippen LogP contribution < -0.4 is 0 Å². The van der Waals surface area contributed by atoms with Crippen LogP contribution in [0.2, 0.25) is 0 Å². The smallest absolute Gasteiger partial charge is 0.337 e. The van der Waals surface area contributed by atoms with Crippen molar-refractivity contribution in [2.75, 3.05) is 13.6 Å². The van der Waals surface area contributed by atoms with Crippen LogP contribution in [0.25, 0.3) is 0 Å². The minimum Gasteiger partial charge on any atom is -0.478 e. The van der Waals surface area contributed by atoms with Crippen LogP contribution in [0.3, 0.4) is 0 Å². The van der Waals surface area contributed by atoms with E-state index in [9.17, 15) is 4.79 Å². The standard InChI is InChI=1S/C14H20N2O2/c1-16(9-11-5-2-3-6-11)10-13-12(14(17)18)7-4-8-15-13/h4,7-8,11H,2-3,5-6,9-10H2,1H3,(H,17,18). The predicted octanol–water partition coefficient (Wildman–Crippen LogP) is 2.40. The van der Waals surface area contributed by atoms with Crippen molar-refractivity contribution < 1.29 is 9.90 Å². The molecule has 0 unspecified atom stereocenters. The SMILES string of the molecule is CN(Cc1ncccc1C(=O)O)CC1CCCC1. The molecule has 0 spiro atoms. The van der Waals surface area contributed by atoms with Gasteiger partial charge in [0.15, 0.2) is 0 Å². The molecule has 0 saturated heterocycles. The van der Waals surface area contributed by atoms with Gasteiger partial charge in [-0.1, -0.05) is 12.8 Å². The van der Waals surface area contributed by atoms with Gasteiger partial charge in [-0.2, -0.15) is 0 Å².